The molecule has 218 valence electrons. The Morgan fingerprint density at radius 1 is 1.12 bits per heavy atom. The Morgan fingerprint density at radius 2 is 1.86 bits per heavy atom. The molecule has 2 atom stereocenters. The number of aliphatic hydroxyl groups excluding tert-OH is 1. The molecule has 1 amide bonds. The first-order valence-electron chi connectivity index (χ1n) is 13.1. The molecule has 1 aliphatic heterocycles. The van der Waals surface area contributed by atoms with Crippen LogP contribution in [0.3, 0.4) is 0 Å². The third-order valence-corrected chi connectivity index (χ3v) is 7.76. The van der Waals surface area contributed by atoms with Gasteiger partial charge < -0.3 is 25.2 Å². The number of aryl methyl sites for hydroxylation is 1. The van der Waals surface area contributed by atoms with Crippen molar-refractivity contribution in [3.05, 3.63) is 86.5 Å². The fraction of sp³-hybridized carbons (Fsp3) is 0.276. The molecule has 4 aromatic rings. The van der Waals surface area contributed by atoms with Crippen molar-refractivity contribution >= 4 is 34.8 Å². The van der Waals surface area contributed by atoms with Crippen LogP contribution in [0.1, 0.15) is 22.5 Å². The first kappa shape index (κ1) is 29.6. The van der Waals surface area contributed by atoms with E-state index in [0.29, 0.717) is 59.5 Å². The zero-order valence-corrected chi connectivity index (χ0v) is 24.3. The molecule has 42 heavy (non-hydrogen) atoms. The van der Waals surface area contributed by atoms with Crippen LogP contribution in [0, 0.1) is 0 Å². The lowest BCUT2D eigenvalue weighted by atomic mass is 10.00. The van der Waals surface area contributed by atoms with Crippen molar-refractivity contribution in [2.75, 3.05) is 25.6 Å². The van der Waals surface area contributed by atoms with Crippen molar-refractivity contribution in [1.82, 2.24) is 25.1 Å². The zero-order chi connectivity index (χ0) is 29.8. The molecule has 0 radical (unpaired) electrons. The number of halogens is 2. The topological polar surface area (TPSA) is 140 Å². The minimum atomic E-state index is -0.714. The van der Waals surface area contributed by atoms with Gasteiger partial charge >= 0.3 is 0 Å². The highest BCUT2D eigenvalue weighted by atomic mass is 35.5. The summed E-state index contributed by atoms with van der Waals surface area (Å²) < 4.78 is 11.9. The number of amides is 1. The maximum absolute atomic E-state index is 12.8. The number of aromatic nitrogens is 4. The number of pyridine rings is 1. The largest absolute Gasteiger partial charge is 0.481 e. The monoisotopic (exact) mass is 610 g/mol. The number of hydrogen-bond donors (Lipinski definition) is 3. The minimum Gasteiger partial charge on any atom is -0.481 e. The van der Waals surface area contributed by atoms with Gasteiger partial charge in [0.05, 0.1) is 41.2 Å². The van der Waals surface area contributed by atoms with Crippen LogP contribution in [0.5, 0.6) is 5.88 Å². The van der Waals surface area contributed by atoms with Crippen LogP contribution >= 0.6 is 23.2 Å². The Balaban J connectivity index is 1.41. The second kappa shape index (κ2) is 13.0. The number of methoxy groups -OCH3 is 1. The van der Waals surface area contributed by atoms with E-state index >= 15 is 0 Å². The molecular weight excluding hydrogens is 583 g/mol. The van der Waals surface area contributed by atoms with Gasteiger partial charge in [0.25, 0.3) is 11.5 Å². The fourth-order valence-electron chi connectivity index (χ4n) is 4.67. The highest BCUT2D eigenvalue weighted by Gasteiger charge is 2.24. The van der Waals surface area contributed by atoms with E-state index < -0.39 is 17.6 Å². The molecule has 13 heteroatoms. The summed E-state index contributed by atoms with van der Waals surface area (Å²) in [7, 11) is 2.98. The number of nitrogens with zero attached hydrogens (tertiary/aromatic N) is 4. The third kappa shape index (κ3) is 6.15. The van der Waals surface area contributed by atoms with E-state index in [1.54, 1.807) is 25.3 Å². The van der Waals surface area contributed by atoms with E-state index in [-0.39, 0.29) is 22.4 Å². The summed E-state index contributed by atoms with van der Waals surface area (Å²) in [6.07, 6.45) is 1.27. The van der Waals surface area contributed by atoms with E-state index in [2.05, 4.69) is 20.7 Å². The van der Waals surface area contributed by atoms with E-state index in [9.17, 15) is 14.7 Å². The number of carbonyl (C=O) groups is 1. The van der Waals surface area contributed by atoms with Crippen LogP contribution in [0.15, 0.2) is 59.7 Å². The lowest BCUT2D eigenvalue weighted by Gasteiger charge is -2.28. The van der Waals surface area contributed by atoms with Crippen LogP contribution in [0.4, 0.5) is 5.69 Å². The van der Waals surface area contributed by atoms with Crippen LogP contribution in [0.2, 0.25) is 10.0 Å². The molecule has 5 rings (SSSR count). The molecule has 3 N–H and O–H groups in total. The van der Waals surface area contributed by atoms with Gasteiger partial charge in [-0.2, -0.15) is 5.10 Å². The number of nitrogens with one attached hydrogen (secondary N) is 2. The summed E-state index contributed by atoms with van der Waals surface area (Å²) in [4.78, 5) is 33.6. The molecule has 11 nitrogen and oxygen atoms in total. The van der Waals surface area contributed by atoms with Gasteiger partial charge in [-0.15, -0.1) is 0 Å². The standard InChI is InChI=1S/C29H28Cl2N6O5/c1-37-29(40)26(33-15-34-37)27(39)35-22-8-4-6-18(25(22)31)17-5-3-7-19(24(17)30)20-10-9-16(28(36-20)41-2)13-32-21-11-12-42-14-23(21)38/h3-10,15,21,23,32,38H,11-14H2,1-2H3,(H,35,39)/t21-,23+/m1/s1. The van der Waals surface area contributed by atoms with Gasteiger partial charge in [-0.05, 0) is 18.6 Å². The highest BCUT2D eigenvalue weighted by Crippen LogP contribution is 2.41. The number of carbonyl (C=O) groups excluding carboxylic acids is 1. The molecule has 2 aromatic carbocycles. The number of hydrogen-bond acceptors (Lipinski definition) is 9. The summed E-state index contributed by atoms with van der Waals surface area (Å²) >= 11 is 13.7. The second-order valence-corrected chi connectivity index (χ2v) is 10.4. The average molecular weight is 611 g/mol. The lowest BCUT2D eigenvalue weighted by molar-refractivity contribution is -0.0281. The Kier molecular flexibility index (Phi) is 9.15. The van der Waals surface area contributed by atoms with Crippen molar-refractivity contribution < 1.29 is 19.4 Å². The molecule has 0 aliphatic carbocycles. The highest BCUT2D eigenvalue weighted by molar-refractivity contribution is 6.39. The van der Waals surface area contributed by atoms with Gasteiger partial charge in [-0.25, -0.2) is 14.6 Å². The van der Waals surface area contributed by atoms with E-state index in [4.69, 9.17) is 37.7 Å². The van der Waals surface area contributed by atoms with Crippen molar-refractivity contribution in [2.45, 2.75) is 25.1 Å². The molecule has 0 bridgehead atoms. The van der Waals surface area contributed by atoms with Crippen LogP contribution in [-0.4, -0.2) is 63.2 Å². The van der Waals surface area contributed by atoms with Crippen molar-refractivity contribution in [3.63, 3.8) is 0 Å². The molecule has 3 heterocycles. The van der Waals surface area contributed by atoms with Crippen LogP contribution in [-0.2, 0) is 18.3 Å². The van der Waals surface area contributed by atoms with Gasteiger partial charge in [0.2, 0.25) is 5.88 Å². The zero-order valence-electron chi connectivity index (χ0n) is 22.8. The first-order valence-corrected chi connectivity index (χ1v) is 13.8. The van der Waals surface area contributed by atoms with Gasteiger partial charge in [-0.1, -0.05) is 59.6 Å². The number of ether oxygens (including phenoxy) is 2. The maximum atomic E-state index is 12.8. The predicted octanol–water partition coefficient (Wildman–Crippen LogP) is 3.71. The maximum Gasteiger partial charge on any atom is 0.298 e. The fourth-order valence-corrected chi connectivity index (χ4v) is 5.27. The molecular formula is C29H28Cl2N6O5. The van der Waals surface area contributed by atoms with Crippen LogP contribution in [0.25, 0.3) is 22.4 Å². The molecule has 1 fully saturated rings. The summed E-state index contributed by atoms with van der Waals surface area (Å²) in [5.41, 5.74) is 2.61. The molecule has 1 saturated heterocycles. The van der Waals surface area contributed by atoms with Crippen LogP contribution < -0.4 is 20.9 Å². The molecule has 0 saturated carbocycles. The molecule has 0 spiro atoms. The lowest BCUT2D eigenvalue weighted by Crippen LogP contribution is -2.46. The first-order chi connectivity index (χ1) is 20.3. The van der Waals surface area contributed by atoms with Gasteiger partial charge in [0.1, 0.15) is 6.33 Å². The Hall–Kier alpha value is -3.87. The quantitative estimate of drug-likeness (QED) is 0.272. The van der Waals surface area contributed by atoms with Gasteiger partial charge in [-0.3, -0.25) is 9.59 Å². The normalized spacial score (nSPS) is 16.7. The number of aliphatic hydroxyl groups is 1. The number of rotatable bonds is 8. The summed E-state index contributed by atoms with van der Waals surface area (Å²) in [6.45, 7) is 1.36. The summed E-state index contributed by atoms with van der Waals surface area (Å²) in [5, 5.41) is 20.6. The Labute approximate surface area is 251 Å². The minimum absolute atomic E-state index is 0.0779. The van der Waals surface area contributed by atoms with Gasteiger partial charge in [0, 0.05) is 48.5 Å². The Morgan fingerprint density at radius 3 is 2.62 bits per heavy atom. The van der Waals surface area contributed by atoms with Crippen molar-refractivity contribution in [3.8, 4) is 28.3 Å². The molecule has 2 aromatic heterocycles. The number of benzene rings is 2. The van der Waals surface area contributed by atoms with E-state index in [1.807, 2.05) is 30.3 Å². The molecule has 0 unspecified atom stereocenters. The number of anilines is 1. The summed E-state index contributed by atoms with van der Waals surface area (Å²) in [6, 6.07) is 14.3. The predicted molar refractivity (Wildman–Crippen MR) is 159 cm³/mol. The second-order valence-electron chi connectivity index (χ2n) is 9.61. The Bertz CT molecular complexity index is 1680. The summed E-state index contributed by atoms with van der Waals surface area (Å²) in [5.74, 6) is -0.282. The third-order valence-electron chi connectivity index (χ3n) is 6.95. The van der Waals surface area contributed by atoms with Crippen molar-refractivity contribution in [1.29, 1.82) is 0 Å². The van der Waals surface area contributed by atoms with E-state index in [0.717, 1.165) is 16.6 Å². The van der Waals surface area contributed by atoms with E-state index in [1.165, 1.54) is 7.05 Å². The van der Waals surface area contributed by atoms with Crippen molar-refractivity contribution in [2.24, 2.45) is 7.05 Å². The average Bonchev–Trinajstić information content (AvgIpc) is 2.99. The van der Waals surface area contributed by atoms with Gasteiger partial charge in [0.15, 0.2) is 5.69 Å². The SMILES string of the molecule is COc1nc(-c2cccc(-c3cccc(NC(=O)c4ncnn(C)c4=O)c3Cl)c2Cl)ccc1CN[C@@H]1CCOC[C@@H]1O. The smallest absolute Gasteiger partial charge is 0.298 e. The molecule has 1 aliphatic rings.